The maximum Gasteiger partial charge on any atom is 0.225 e. The maximum atomic E-state index is 12.7. The molecule has 4 nitrogen and oxygen atoms in total. The highest BCUT2D eigenvalue weighted by Crippen LogP contribution is 2.23. The van der Waals surface area contributed by atoms with Crippen LogP contribution in [-0.4, -0.2) is 44.1 Å². The van der Waals surface area contributed by atoms with Crippen LogP contribution in [-0.2, 0) is 4.79 Å². The zero-order chi connectivity index (χ0) is 16.7. The van der Waals surface area contributed by atoms with E-state index in [9.17, 15) is 4.79 Å². The lowest BCUT2D eigenvalue weighted by molar-refractivity contribution is -0.136. The number of anilines is 1. The van der Waals surface area contributed by atoms with Crippen molar-refractivity contribution in [2.24, 2.45) is 5.92 Å². The Bertz CT molecular complexity index is 496. The molecule has 1 aromatic rings. The number of piperazine rings is 1. The fourth-order valence-electron chi connectivity index (χ4n) is 3.20. The Hall–Kier alpha value is -1.71. The summed E-state index contributed by atoms with van der Waals surface area (Å²) in [5, 5.41) is 0. The molecule has 0 aliphatic carbocycles. The first-order chi connectivity index (χ1) is 11.2. The number of carbonyl (C=O) groups excluding carboxylic acids is 1. The van der Waals surface area contributed by atoms with Gasteiger partial charge in [-0.15, -0.1) is 0 Å². The van der Waals surface area contributed by atoms with Crippen LogP contribution in [0.15, 0.2) is 24.3 Å². The van der Waals surface area contributed by atoms with E-state index < -0.39 is 0 Å². The standard InChI is InChI=1S/C19H30N2O2/c1-4-6-8-16(5-2)19(22)21-13-11-20(12-14-21)17-9-7-10-18(15-17)23-3/h7,9-10,15-16H,4-6,8,11-14H2,1-3H3. The first-order valence-electron chi connectivity index (χ1n) is 8.87. The van der Waals surface area contributed by atoms with Gasteiger partial charge in [-0.3, -0.25) is 4.79 Å². The second-order valence-corrected chi connectivity index (χ2v) is 6.26. The van der Waals surface area contributed by atoms with Crippen LogP contribution in [0.4, 0.5) is 5.69 Å². The highest BCUT2D eigenvalue weighted by Gasteiger charge is 2.26. The monoisotopic (exact) mass is 318 g/mol. The first kappa shape index (κ1) is 17.6. The van der Waals surface area contributed by atoms with Gasteiger partial charge in [0.15, 0.2) is 0 Å². The minimum atomic E-state index is 0.207. The van der Waals surface area contributed by atoms with Crippen LogP contribution in [0.3, 0.4) is 0 Å². The van der Waals surface area contributed by atoms with Crippen molar-refractivity contribution in [3.8, 4) is 5.75 Å². The van der Waals surface area contributed by atoms with Gasteiger partial charge >= 0.3 is 0 Å². The molecule has 1 aliphatic heterocycles. The molecule has 1 aromatic carbocycles. The molecule has 128 valence electrons. The summed E-state index contributed by atoms with van der Waals surface area (Å²) in [6, 6.07) is 8.15. The van der Waals surface area contributed by atoms with Crippen LogP contribution < -0.4 is 9.64 Å². The fourth-order valence-corrected chi connectivity index (χ4v) is 3.20. The second kappa shape index (κ2) is 8.80. The SMILES string of the molecule is CCCCC(CC)C(=O)N1CCN(c2cccc(OC)c2)CC1. The molecule has 1 unspecified atom stereocenters. The molecule has 1 fully saturated rings. The van der Waals surface area contributed by atoms with E-state index in [-0.39, 0.29) is 5.92 Å². The predicted molar refractivity (Wildman–Crippen MR) is 95.1 cm³/mol. The third-order valence-electron chi connectivity index (χ3n) is 4.76. The zero-order valence-electron chi connectivity index (χ0n) is 14.8. The van der Waals surface area contributed by atoms with Gasteiger partial charge in [0.2, 0.25) is 5.91 Å². The number of rotatable bonds is 7. The van der Waals surface area contributed by atoms with Gasteiger partial charge in [0.1, 0.15) is 5.75 Å². The average molecular weight is 318 g/mol. The summed E-state index contributed by atoms with van der Waals surface area (Å²) >= 11 is 0. The van der Waals surface area contributed by atoms with Crippen molar-refractivity contribution in [2.75, 3.05) is 38.2 Å². The smallest absolute Gasteiger partial charge is 0.225 e. The van der Waals surface area contributed by atoms with E-state index in [2.05, 4.69) is 35.8 Å². The second-order valence-electron chi connectivity index (χ2n) is 6.26. The lowest BCUT2D eigenvalue weighted by atomic mass is 9.97. The largest absolute Gasteiger partial charge is 0.497 e. The molecule has 1 heterocycles. The van der Waals surface area contributed by atoms with Gasteiger partial charge in [0, 0.05) is 43.9 Å². The number of carbonyl (C=O) groups is 1. The molecule has 0 aromatic heterocycles. The summed E-state index contributed by atoms with van der Waals surface area (Å²) in [5.74, 6) is 1.44. The van der Waals surface area contributed by atoms with E-state index in [0.717, 1.165) is 57.6 Å². The van der Waals surface area contributed by atoms with Crippen LogP contribution in [0, 0.1) is 5.92 Å². The van der Waals surface area contributed by atoms with Gasteiger partial charge in [-0.25, -0.2) is 0 Å². The normalized spacial score (nSPS) is 16.3. The maximum absolute atomic E-state index is 12.7. The average Bonchev–Trinajstić information content (AvgIpc) is 2.62. The molecule has 0 radical (unpaired) electrons. The number of unbranched alkanes of at least 4 members (excludes halogenated alkanes) is 1. The summed E-state index contributed by atoms with van der Waals surface area (Å²) < 4.78 is 5.30. The molecular formula is C19H30N2O2. The molecule has 4 heteroatoms. The molecule has 1 amide bonds. The van der Waals surface area contributed by atoms with Crippen LogP contribution >= 0.6 is 0 Å². The molecular weight excluding hydrogens is 288 g/mol. The number of benzene rings is 1. The van der Waals surface area contributed by atoms with Crippen molar-refractivity contribution >= 4 is 11.6 Å². The highest BCUT2D eigenvalue weighted by atomic mass is 16.5. The lowest BCUT2D eigenvalue weighted by Gasteiger charge is -2.37. The van der Waals surface area contributed by atoms with Crippen molar-refractivity contribution in [1.82, 2.24) is 4.90 Å². The quantitative estimate of drug-likeness (QED) is 0.770. The van der Waals surface area contributed by atoms with Crippen molar-refractivity contribution in [3.63, 3.8) is 0 Å². The Morgan fingerprint density at radius 3 is 2.57 bits per heavy atom. The zero-order valence-corrected chi connectivity index (χ0v) is 14.8. The van der Waals surface area contributed by atoms with Gasteiger partial charge < -0.3 is 14.5 Å². The molecule has 23 heavy (non-hydrogen) atoms. The number of hydrogen-bond donors (Lipinski definition) is 0. The molecule has 0 bridgehead atoms. The minimum absolute atomic E-state index is 0.207. The summed E-state index contributed by atoms with van der Waals surface area (Å²) in [6.45, 7) is 7.73. The predicted octanol–water partition coefficient (Wildman–Crippen LogP) is 3.56. The van der Waals surface area contributed by atoms with E-state index in [1.54, 1.807) is 7.11 Å². The van der Waals surface area contributed by atoms with Gasteiger partial charge in [0.25, 0.3) is 0 Å². The fraction of sp³-hybridized carbons (Fsp3) is 0.632. The Balaban J connectivity index is 1.90. The third-order valence-corrected chi connectivity index (χ3v) is 4.76. The van der Waals surface area contributed by atoms with E-state index in [4.69, 9.17) is 4.74 Å². The minimum Gasteiger partial charge on any atom is -0.497 e. The molecule has 0 saturated carbocycles. The van der Waals surface area contributed by atoms with Crippen molar-refractivity contribution < 1.29 is 9.53 Å². The van der Waals surface area contributed by atoms with Crippen LogP contribution in [0.25, 0.3) is 0 Å². The number of ether oxygens (including phenoxy) is 1. The molecule has 1 aliphatic rings. The Kier molecular flexibility index (Phi) is 6.75. The van der Waals surface area contributed by atoms with E-state index in [0.29, 0.717) is 5.91 Å². The van der Waals surface area contributed by atoms with E-state index in [1.165, 1.54) is 5.69 Å². The highest BCUT2D eigenvalue weighted by molar-refractivity contribution is 5.79. The van der Waals surface area contributed by atoms with Gasteiger partial charge in [-0.1, -0.05) is 32.8 Å². The van der Waals surface area contributed by atoms with Gasteiger partial charge in [0.05, 0.1) is 7.11 Å². The lowest BCUT2D eigenvalue weighted by Crippen LogP contribution is -2.50. The topological polar surface area (TPSA) is 32.8 Å². The van der Waals surface area contributed by atoms with E-state index in [1.807, 2.05) is 12.1 Å². The van der Waals surface area contributed by atoms with Gasteiger partial charge in [-0.05, 0) is 25.0 Å². The Morgan fingerprint density at radius 1 is 1.22 bits per heavy atom. The van der Waals surface area contributed by atoms with E-state index >= 15 is 0 Å². The molecule has 0 spiro atoms. The van der Waals surface area contributed by atoms with Crippen molar-refractivity contribution in [2.45, 2.75) is 39.5 Å². The summed E-state index contributed by atoms with van der Waals surface area (Å²) in [5.41, 5.74) is 1.18. The number of hydrogen-bond acceptors (Lipinski definition) is 3. The molecule has 2 rings (SSSR count). The molecule has 1 saturated heterocycles. The van der Waals surface area contributed by atoms with Crippen molar-refractivity contribution in [1.29, 1.82) is 0 Å². The van der Waals surface area contributed by atoms with Crippen LogP contribution in [0.1, 0.15) is 39.5 Å². The summed E-state index contributed by atoms with van der Waals surface area (Å²) in [7, 11) is 1.69. The number of methoxy groups -OCH3 is 1. The van der Waals surface area contributed by atoms with Crippen molar-refractivity contribution in [3.05, 3.63) is 24.3 Å². The van der Waals surface area contributed by atoms with Crippen LogP contribution in [0.2, 0.25) is 0 Å². The number of nitrogens with zero attached hydrogens (tertiary/aromatic N) is 2. The molecule has 1 atom stereocenters. The van der Waals surface area contributed by atoms with Crippen LogP contribution in [0.5, 0.6) is 5.75 Å². The number of amides is 1. The Morgan fingerprint density at radius 2 is 1.96 bits per heavy atom. The van der Waals surface area contributed by atoms with Gasteiger partial charge in [-0.2, -0.15) is 0 Å². The third kappa shape index (κ3) is 4.63. The first-order valence-corrected chi connectivity index (χ1v) is 8.87. The molecule has 0 N–H and O–H groups in total. The summed E-state index contributed by atoms with van der Waals surface area (Å²) in [4.78, 5) is 17.1. The summed E-state index contributed by atoms with van der Waals surface area (Å²) in [6.07, 6.45) is 4.29. The Labute approximate surface area is 140 Å².